The van der Waals surface area contributed by atoms with Crippen molar-refractivity contribution in [3.8, 4) is 0 Å². The van der Waals surface area contributed by atoms with Crippen molar-refractivity contribution >= 4 is 16.1 Å². The summed E-state index contributed by atoms with van der Waals surface area (Å²) in [5.41, 5.74) is -0.242. The van der Waals surface area contributed by atoms with Gasteiger partial charge >= 0.3 is 6.03 Å². The predicted octanol–water partition coefficient (Wildman–Crippen LogP) is 0.232. The van der Waals surface area contributed by atoms with E-state index < -0.39 is 10.0 Å². The molecule has 126 valence electrons. The van der Waals surface area contributed by atoms with Crippen LogP contribution in [0.1, 0.15) is 25.7 Å². The fourth-order valence-electron chi connectivity index (χ4n) is 3.80. The standard InChI is InChI=1S/C14H25N3O4S/c1-22(19,20)15-6-4-12-5-9-21-14(12)10-17(11-14)13(18)16-7-2-3-8-16/h12,15H,2-11H2,1H3/t12-/m0/s1. The summed E-state index contributed by atoms with van der Waals surface area (Å²) in [7, 11) is -3.14. The van der Waals surface area contributed by atoms with Crippen LogP contribution in [0.15, 0.2) is 0 Å². The predicted molar refractivity (Wildman–Crippen MR) is 82.0 cm³/mol. The van der Waals surface area contributed by atoms with Gasteiger partial charge in [0, 0.05) is 26.2 Å². The molecule has 0 saturated carbocycles. The SMILES string of the molecule is CS(=O)(=O)NCC[C@H]1CCOC12CN(C(=O)N1CCCC1)C2. The summed E-state index contributed by atoms with van der Waals surface area (Å²) in [6.07, 6.45) is 5.08. The molecule has 0 bridgehead atoms. The third kappa shape index (κ3) is 3.23. The van der Waals surface area contributed by atoms with Gasteiger partial charge in [-0.05, 0) is 31.6 Å². The molecule has 0 aromatic heterocycles. The lowest BCUT2D eigenvalue weighted by Crippen LogP contribution is -2.67. The van der Waals surface area contributed by atoms with Gasteiger partial charge in [0.25, 0.3) is 0 Å². The summed E-state index contributed by atoms with van der Waals surface area (Å²) in [6, 6.07) is 0.131. The molecule has 3 saturated heterocycles. The molecule has 3 aliphatic rings. The fourth-order valence-corrected chi connectivity index (χ4v) is 4.29. The highest BCUT2D eigenvalue weighted by atomic mass is 32.2. The van der Waals surface area contributed by atoms with Crippen LogP contribution >= 0.6 is 0 Å². The number of sulfonamides is 1. The van der Waals surface area contributed by atoms with Crippen molar-refractivity contribution in [2.45, 2.75) is 31.3 Å². The first-order valence-electron chi connectivity index (χ1n) is 8.02. The van der Waals surface area contributed by atoms with E-state index in [1.54, 1.807) is 0 Å². The van der Waals surface area contributed by atoms with Crippen molar-refractivity contribution in [1.82, 2.24) is 14.5 Å². The molecule has 8 heteroatoms. The highest BCUT2D eigenvalue weighted by molar-refractivity contribution is 7.88. The zero-order valence-corrected chi connectivity index (χ0v) is 13.9. The third-order valence-electron chi connectivity index (χ3n) is 5.02. The van der Waals surface area contributed by atoms with Crippen LogP contribution in [-0.4, -0.2) is 75.4 Å². The van der Waals surface area contributed by atoms with Crippen molar-refractivity contribution in [3.63, 3.8) is 0 Å². The first-order valence-corrected chi connectivity index (χ1v) is 9.91. The van der Waals surface area contributed by atoms with Crippen molar-refractivity contribution in [3.05, 3.63) is 0 Å². The first-order chi connectivity index (χ1) is 10.4. The smallest absolute Gasteiger partial charge is 0.320 e. The number of likely N-dealkylation sites (tertiary alicyclic amines) is 2. The van der Waals surface area contributed by atoms with E-state index in [0.717, 1.165) is 38.8 Å². The van der Waals surface area contributed by atoms with Gasteiger partial charge < -0.3 is 14.5 Å². The second kappa shape index (κ2) is 5.98. The Kier molecular flexibility index (Phi) is 4.35. The number of ether oxygens (including phenoxy) is 1. The maximum absolute atomic E-state index is 12.3. The highest BCUT2D eigenvalue weighted by Gasteiger charge is 2.54. The Bertz CT molecular complexity index is 524. The number of nitrogens with one attached hydrogen (secondary N) is 1. The van der Waals surface area contributed by atoms with E-state index in [4.69, 9.17) is 4.74 Å². The Morgan fingerprint density at radius 3 is 2.59 bits per heavy atom. The molecule has 1 atom stereocenters. The molecule has 3 heterocycles. The van der Waals surface area contributed by atoms with Crippen LogP contribution in [0.25, 0.3) is 0 Å². The number of urea groups is 1. The van der Waals surface area contributed by atoms with Crippen LogP contribution in [0, 0.1) is 5.92 Å². The summed E-state index contributed by atoms with van der Waals surface area (Å²) < 4.78 is 30.7. The molecular formula is C14H25N3O4S. The molecular weight excluding hydrogens is 306 g/mol. The van der Waals surface area contributed by atoms with E-state index in [1.165, 1.54) is 6.26 Å². The zero-order valence-electron chi connectivity index (χ0n) is 13.1. The largest absolute Gasteiger partial charge is 0.371 e. The maximum Gasteiger partial charge on any atom is 0.320 e. The van der Waals surface area contributed by atoms with Crippen LogP contribution in [0.4, 0.5) is 4.79 Å². The van der Waals surface area contributed by atoms with Crippen molar-refractivity contribution in [2.75, 3.05) is 45.6 Å². The van der Waals surface area contributed by atoms with Gasteiger partial charge in [0.2, 0.25) is 10.0 Å². The molecule has 0 radical (unpaired) electrons. The molecule has 1 spiro atoms. The lowest BCUT2D eigenvalue weighted by Gasteiger charge is -2.51. The quantitative estimate of drug-likeness (QED) is 0.800. The molecule has 2 amide bonds. The number of nitrogens with zero attached hydrogens (tertiary/aromatic N) is 2. The number of amides is 2. The third-order valence-corrected chi connectivity index (χ3v) is 5.75. The van der Waals surface area contributed by atoms with E-state index in [2.05, 4.69) is 4.72 Å². The lowest BCUT2D eigenvalue weighted by molar-refractivity contribution is -0.118. The van der Waals surface area contributed by atoms with E-state index in [9.17, 15) is 13.2 Å². The Labute approximate surface area is 132 Å². The second-order valence-corrected chi connectivity index (χ2v) is 8.52. The van der Waals surface area contributed by atoms with Crippen molar-refractivity contribution in [1.29, 1.82) is 0 Å². The number of hydrogen-bond donors (Lipinski definition) is 1. The van der Waals surface area contributed by atoms with Crippen LogP contribution in [0.5, 0.6) is 0 Å². The summed E-state index contributed by atoms with van der Waals surface area (Å²) in [5, 5.41) is 0. The van der Waals surface area contributed by atoms with Gasteiger partial charge in [-0.1, -0.05) is 0 Å². The van der Waals surface area contributed by atoms with Crippen LogP contribution in [0.2, 0.25) is 0 Å². The molecule has 3 rings (SSSR count). The van der Waals surface area contributed by atoms with Gasteiger partial charge in [0.05, 0.1) is 19.3 Å². The van der Waals surface area contributed by atoms with E-state index in [-0.39, 0.29) is 11.6 Å². The van der Waals surface area contributed by atoms with Crippen LogP contribution in [0.3, 0.4) is 0 Å². The van der Waals surface area contributed by atoms with Gasteiger partial charge in [-0.2, -0.15) is 0 Å². The number of carbonyl (C=O) groups excluding carboxylic acids is 1. The fraction of sp³-hybridized carbons (Fsp3) is 0.929. The van der Waals surface area contributed by atoms with Crippen LogP contribution < -0.4 is 4.72 Å². The summed E-state index contributed by atoms with van der Waals surface area (Å²) in [6.45, 7) is 4.16. The van der Waals surface area contributed by atoms with Gasteiger partial charge in [-0.3, -0.25) is 0 Å². The molecule has 0 unspecified atom stereocenters. The molecule has 0 aromatic carbocycles. The first kappa shape index (κ1) is 16.0. The van der Waals surface area contributed by atoms with Crippen molar-refractivity contribution < 1.29 is 17.9 Å². The number of carbonyl (C=O) groups is 1. The normalized spacial score (nSPS) is 27.4. The topological polar surface area (TPSA) is 79.0 Å². The molecule has 0 aromatic rings. The highest BCUT2D eigenvalue weighted by Crippen LogP contribution is 2.42. The average molecular weight is 331 g/mol. The Morgan fingerprint density at radius 2 is 1.95 bits per heavy atom. The maximum atomic E-state index is 12.3. The minimum atomic E-state index is -3.14. The minimum absolute atomic E-state index is 0.131. The Balaban J connectivity index is 1.50. The molecule has 7 nitrogen and oxygen atoms in total. The lowest BCUT2D eigenvalue weighted by atomic mass is 9.79. The monoisotopic (exact) mass is 331 g/mol. The van der Waals surface area contributed by atoms with E-state index >= 15 is 0 Å². The van der Waals surface area contributed by atoms with Gasteiger partial charge in [0.15, 0.2) is 0 Å². The molecule has 3 fully saturated rings. The number of hydrogen-bond acceptors (Lipinski definition) is 4. The molecule has 3 aliphatic heterocycles. The Hall–Kier alpha value is -0.860. The van der Waals surface area contributed by atoms with Gasteiger partial charge in [-0.15, -0.1) is 0 Å². The molecule has 0 aliphatic carbocycles. The second-order valence-electron chi connectivity index (χ2n) is 6.69. The Morgan fingerprint density at radius 1 is 1.27 bits per heavy atom. The van der Waals surface area contributed by atoms with E-state index in [1.807, 2.05) is 9.80 Å². The zero-order chi connectivity index (χ0) is 15.8. The van der Waals surface area contributed by atoms with Gasteiger partial charge in [0.1, 0.15) is 5.60 Å². The molecule has 1 N–H and O–H groups in total. The molecule has 22 heavy (non-hydrogen) atoms. The van der Waals surface area contributed by atoms with Crippen LogP contribution in [-0.2, 0) is 14.8 Å². The van der Waals surface area contributed by atoms with Crippen molar-refractivity contribution in [2.24, 2.45) is 5.92 Å². The number of rotatable bonds is 4. The summed E-state index contributed by atoms with van der Waals surface area (Å²) >= 11 is 0. The summed E-state index contributed by atoms with van der Waals surface area (Å²) in [5.74, 6) is 0.323. The average Bonchev–Trinajstić information content (AvgIpc) is 3.03. The minimum Gasteiger partial charge on any atom is -0.371 e. The van der Waals surface area contributed by atoms with Gasteiger partial charge in [-0.25, -0.2) is 17.9 Å². The van der Waals surface area contributed by atoms with E-state index in [0.29, 0.717) is 32.2 Å². The summed E-state index contributed by atoms with van der Waals surface area (Å²) in [4.78, 5) is 16.1.